The van der Waals surface area contributed by atoms with E-state index in [0.717, 1.165) is 18.3 Å². The summed E-state index contributed by atoms with van der Waals surface area (Å²) in [6.07, 6.45) is 3.94. The second-order valence-corrected chi connectivity index (χ2v) is 5.77. The molecular weight excluding hydrogens is 370 g/mol. The van der Waals surface area contributed by atoms with Gasteiger partial charge in [-0.05, 0) is 25.1 Å². The number of ether oxygens (including phenoxy) is 1. The van der Waals surface area contributed by atoms with Gasteiger partial charge in [0.1, 0.15) is 29.0 Å². The van der Waals surface area contributed by atoms with Gasteiger partial charge in [0.25, 0.3) is 5.91 Å². The third-order valence-electron chi connectivity index (χ3n) is 3.77. The fourth-order valence-electron chi connectivity index (χ4n) is 2.55. The van der Waals surface area contributed by atoms with E-state index in [9.17, 15) is 13.6 Å². The predicted octanol–water partition coefficient (Wildman–Crippen LogP) is 3.15. The van der Waals surface area contributed by atoms with Gasteiger partial charge in [0.15, 0.2) is 5.65 Å². The Kier molecular flexibility index (Phi) is 4.36. The van der Waals surface area contributed by atoms with Gasteiger partial charge in [-0.1, -0.05) is 6.07 Å². The topological polar surface area (TPSA) is 94.3 Å². The maximum absolute atomic E-state index is 13.4. The predicted molar refractivity (Wildman–Crippen MR) is 94.1 cm³/mol. The molecule has 0 aliphatic rings. The van der Waals surface area contributed by atoms with Gasteiger partial charge in [0.2, 0.25) is 5.95 Å². The molecule has 4 heterocycles. The lowest BCUT2D eigenvalue weighted by Crippen LogP contribution is -2.15. The van der Waals surface area contributed by atoms with Crippen LogP contribution in [-0.2, 0) is 0 Å². The van der Waals surface area contributed by atoms with Crippen molar-refractivity contribution in [2.75, 3.05) is 5.32 Å². The normalized spacial score (nSPS) is 10.8. The second-order valence-electron chi connectivity index (χ2n) is 5.77. The largest absolute Gasteiger partial charge is 0.454 e. The van der Waals surface area contributed by atoms with E-state index in [2.05, 4.69) is 25.5 Å². The summed E-state index contributed by atoms with van der Waals surface area (Å²) < 4.78 is 33.8. The molecule has 4 aromatic rings. The molecule has 0 unspecified atom stereocenters. The number of halogens is 2. The molecule has 8 nitrogen and oxygen atoms in total. The second kappa shape index (κ2) is 6.99. The van der Waals surface area contributed by atoms with Crippen LogP contribution in [0.1, 0.15) is 16.2 Å². The molecule has 10 heteroatoms. The Balaban J connectivity index is 1.73. The van der Waals surface area contributed by atoms with Crippen molar-refractivity contribution in [2.24, 2.45) is 0 Å². The molecule has 1 amide bonds. The zero-order valence-electron chi connectivity index (χ0n) is 14.4. The molecule has 0 bridgehead atoms. The fraction of sp³-hybridized carbons (Fsp3) is 0.0556. The number of fused-ring (bicyclic) bond motifs is 1. The Morgan fingerprint density at radius 3 is 2.79 bits per heavy atom. The van der Waals surface area contributed by atoms with E-state index in [1.54, 1.807) is 17.5 Å². The number of carbonyl (C=O) groups excluding carboxylic acids is 1. The number of carbonyl (C=O) groups is 1. The number of nitrogens with zero attached hydrogens (tertiary/aromatic N) is 5. The molecule has 140 valence electrons. The van der Waals surface area contributed by atoms with Crippen LogP contribution in [0.25, 0.3) is 5.65 Å². The summed E-state index contributed by atoms with van der Waals surface area (Å²) in [7, 11) is 0. The first-order valence-electron chi connectivity index (χ1n) is 8.07. The number of anilines is 1. The number of nitrogens with one attached hydrogen (secondary N) is 1. The summed E-state index contributed by atoms with van der Waals surface area (Å²) in [5, 5.41) is 10.4. The molecule has 0 spiro atoms. The maximum Gasteiger partial charge on any atom is 0.260 e. The molecule has 0 aromatic carbocycles. The van der Waals surface area contributed by atoms with E-state index in [0.29, 0.717) is 5.82 Å². The number of pyridine rings is 3. The number of hydrogen-bond donors (Lipinski definition) is 1. The molecule has 0 saturated carbocycles. The Labute approximate surface area is 156 Å². The standard InChI is InChI=1S/C18H12F2N6O2/c1-10-24-25-17-14(18(27)23-16-4-2-3-15(20)22-16)6-13(9-26(10)17)28-12-5-11(19)7-21-8-12/h2-9H,1H3,(H,22,23,27). The summed E-state index contributed by atoms with van der Waals surface area (Å²) in [5.74, 6) is -0.927. The number of amides is 1. The van der Waals surface area contributed by atoms with Crippen LogP contribution in [0.3, 0.4) is 0 Å². The average Bonchev–Trinajstić information content (AvgIpc) is 3.02. The van der Waals surface area contributed by atoms with Crippen LogP contribution >= 0.6 is 0 Å². The van der Waals surface area contributed by atoms with Gasteiger partial charge in [-0.25, -0.2) is 9.37 Å². The van der Waals surface area contributed by atoms with Gasteiger partial charge >= 0.3 is 0 Å². The molecule has 1 N–H and O–H groups in total. The highest BCUT2D eigenvalue weighted by molar-refractivity contribution is 6.08. The van der Waals surface area contributed by atoms with Gasteiger partial charge in [0.05, 0.1) is 24.2 Å². The molecule has 4 rings (SSSR count). The quantitative estimate of drug-likeness (QED) is 0.545. The Morgan fingerprint density at radius 1 is 1.14 bits per heavy atom. The van der Waals surface area contributed by atoms with Gasteiger partial charge in [-0.15, -0.1) is 10.2 Å². The van der Waals surface area contributed by atoms with Crippen molar-refractivity contribution in [2.45, 2.75) is 6.92 Å². The van der Waals surface area contributed by atoms with Crippen molar-refractivity contribution < 1.29 is 18.3 Å². The van der Waals surface area contributed by atoms with Crippen LogP contribution in [0.15, 0.2) is 48.9 Å². The lowest BCUT2D eigenvalue weighted by atomic mass is 10.2. The van der Waals surface area contributed by atoms with E-state index in [1.807, 2.05) is 0 Å². The highest BCUT2D eigenvalue weighted by atomic mass is 19.1. The number of hydrogen-bond acceptors (Lipinski definition) is 6. The minimum Gasteiger partial charge on any atom is -0.454 e. The minimum absolute atomic E-state index is 0.0417. The molecule has 0 radical (unpaired) electrons. The van der Waals surface area contributed by atoms with Crippen LogP contribution in [0, 0.1) is 18.7 Å². The Morgan fingerprint density at radius 2 is 2.00 bits per heavy atom. The summed E-state index contributed by atoms with van der Waals surface area (Å²) in [5.41, 5.74) is 0.393. The van der Waals surface area contributed by atoms with E-state index < -0.39 is 17.7 Å². The monoisotopic (exact) mass is 382 g/mol. The zero-order valence-corrected chi connectivity index (χ0v) is 14.4. The third kappa shape index (κ3) is 3.47. The summed E-state index contributed by atoms with van der Waals surface area (Å²) in [6.45, 7) is 1.70. The SMILES string of the molecule is Cc1nnc2c(C(=O)Nc3cccc(F)n3)cc(Oc3cncc(F)c3)cn12. The van der Waals surface area contributed by atoms with E-state index in [4.69, 9.17) is 4.74 Å². The number of aromatic nitrogens is 5. The smallest absolute Gasteiger partial charge is 0.260 e. The van der Waals surface area contributed by atoms with Crippen LogP contribution in [-0.4, -0.2) is 30.5 Å². The van der Waals surface area contributed by atoms with Gasteiger partial charge in [0, 0.05) is 6.07 Å². The molecule has 4 aromatic heterocycles. The van der Waals surface area contributed by atoms with Crippen LogP contribution in [0.4, 0.5) is 14.6 Å². The van der Waals surface area contributed by atoms with Crippen LogP contribution in [0.2, 0.25) is 0 Å². The zero-order chi connectivity index (χ0) is 19.7. The molecule has 0 fully saturated rings. The van der Waals surface area contributed by atoms with Crippen LogP contribution in [0.5, 0.6) is 11.5 Å². The van der Waals surface area contributed by atoms with Crippen molar-refractivity contribution >= 4 is 17.4 Å². The van der Waals surface area contributed by atoms with Gasteiger partial charge in [-0.3, -0.25) is 14.2 Å². The number of rotatable bonds is 4. The molecule has 28 heavy (non-hydrogen) atoms. The molecule has 0 saturated heterocycles. The van der Waals surface area contributed by atoms with Crippen LogP contribution < -0.4 is 10.1 Å². The first-order chi connectivity index (χ1) is 13.5. The van der Waals surface area contributed by atoms with Gasteiger partial charge < -0.3 is 10.1 Å². The fourth-order valence-corrected chi connectivity index (χ4v) is 2.55. The van der Waals surface area contributed by atoms with Gasteiger partial charge in [-0.2, -0.15) is 4.39 Å². The Hall–Kier alpha value is -3.95. The highest BCUT2D eigenvalue weighted by Gasteiger charge is 2.18. The molecular formula is C18H12F2N6O2. The molecule has 0 aliphatic heterocycles. The molecule has 0 atom stereocenters. The molecule has 0 aliphatic carbocycles. The van der Waals surface area contributed by atoms with Crippen molar-refractivity contribution in [3.05, 3.63) is 72.1 Å². The number of aryl methyl sites for hydroxylation is 1. The maximum atomic E-state index is 13.4. The first kappa shape index (κ1) is 17.5. The summed E-state index contributed by atoms with van der Waals surface area (Å²) in [4.78, 5) is 20.0. The third-order valence-corrected chi connectivity index (χ3v) is 3.77. The average molecular weight is 382 g/mol. The van der Waals surface area contributed by atoms with E-state index >= 15 is 0 Å². The van der Waals surface area contributed by atoms with E-state index in [-0.39, 0.29) is 28.5 Å². The van der Waals surface area contributed by atoms with Crippen molar-refractivity contribution in [3.8, 4) is 11.5 Å². The highest BCUT2D eigenvalue weighted by Crippen LogP contribution is 2.25. The lowest BCUT2D eigenvalue weighted by molar-refractivity contribution is 0.102. The lowest BCUT2D eigenvalue weighted by Gasteiger charge is -2.10. The first-order valence-corrected chi connectivity index (χ1v) is 8.07. The minimum atomic E-state index is -0.725. The summed E-state index contributed by atoms with van der Waals surface area (Å²) in [6, 6.07) is 6.62. The van der Waals surface area contributed by atoms with Crippen molar-refractivity contribution in [1.29, 1.82) is 0 Å². The van der Waals surface area contributed by atoms with Crippen molar-refractivity contribution in [3.63, 3.8) is 0 Å². The van der Waals surface area contributed by atoms with E-state index in [1.165, 1.54) is 24.4 Å². The summed E-state index contributed by atoms with van der Waals surface area (Å²) >= 11 is 0. The Bertz CT molecular complexity index is 1190. The van der Waals surface area contributed by atoms with Crippen molar-refractivity contribution in [1.82, 2.24) is 24.6 Å².